The summed E-state index contributed by atoms with van der Waals surface area (Å²) in [5, 5.41) is 3.41. The van der Waals surface area contributed by atoms with Crippen molar-refractivity contribution in [2.45, 2.75) is 65.2 Å². The molecule has 1 nitrogen and oxygen atoms in total. The van der Waals surface area contributed by atoms with E-state index in [0.717, 1.165) is 6.54 Å². The van der Waals surface area contributed by atoms with Crippen molar-refractivity contribution in [2.24, 2.45) is 0 Å². The Morgan fingerprint density at radius 2 is 1.47 bits per heavy atom. The van der Waals surface area contributed by atoms with Gasteiger partial charge in [0.2, 0.25) is 0 Å². The van der Waals surface area contributed by atoms with Gasteiger partial charge in [-0.1, -0.05) is 64.0 Å². The van der Waals surface area contributed by atoms with E-state index in [2.05, 4.69) is 31.3 Å². The molecule has 0 atom stereocenters. The van der Waals surface area contributed by atoms with E-state index in [-0.39, 0.29) is 0 Å². The van der Waals surface area contributed by atoms with Crippen LogP contribution in [0.3, 0.4) is 0 Å². The molecule has 1 N–H and O–H groups in total. The van der Waals surface area contributed by atoms with Crippen LogP contribution in [0.25, 0.3) is 0 Å². The van der Waals surface area contributed by atoms with Gasteiger partial charge >= 0.3 is 0 Å². The normalized spacial score (nSPS) is 11.3. The molecule has 0 heterocycles. The molecule has 0 aromatic rings. The Morgan fingerprint density at radius 3 is 2.07 bits per heavy atom. The molecule has 0 bridgehead atoms. The lowest BCUT2D eigenvalue weighted by molar-refractivity contribution is 0.563. The fourth-order valence-corrected chi connectivity index (χ4v) is 1.69. The maximum Gasteiger partial charge on any atom is 0.0134 e. The summed E-state index contributed by atoms with van der Waals surface area (Å²) < 4.78 is 0. The van der Waals surface area contributed by atoms with E-state index < -0.39 is 0 Å². The molecule has 0 aromatic carbocycles. The van der Waals surface area contributed by atoms with Crippen molar-refractivity contribution in [1.29, 1.82) is 0 Å². The molecule has 0 aliphatic carbocycles. The summed E-state index contributed by atoms with van der Waals surface area (Å²) in [6.07, 6.45) is 15.5. The molecule has 0 aliphatic rings. The first-order chi connectivity index (χ1) is 7.41. The number of rotatable bonds is 11. The maximum atomic E-state index is 3.41. The minimum atomic E-state index is 1.03. The summed E-state index contributed by atoms with van der Waals surface area (Å²) in [6.45, 7) is 6.56. The van der Waals surface area contributed by atoms with Crippen LogP contribution in [0.15, 0.2) is 12.2 Å². The molecule has 0 spiro atoms. The molecule has 0 fully saturated rings. The van der Waals surface area contributed by atoms with Crippen LogP contribution in [0.5, 0.6) is 0 Å². The number of allylic oxidation sites excluding steroid dienone is 1. The Kier molecular flexibility index (Phi) is 13.4. The molecule has 0 radical (unpaired) electrons. The maximum absolute atomic E-state index is 3.41. The van der Waals surface area contributed by atoms with Gasteiger partial charge in [0.1, 0.15) is 0 Å². The summed E-state index contributed by atoms with van der Waals surface area (Å²) in [4.78, 5) is 0. The zero-order valence-electron chi connectivity index (χ0n) is 10.7. The van der Waals surface area contributed by atoms with Crippen molar-refractivity contribution < 1.29 is 0 Å². The van der Waals surface area contributed by atoms with Crippen LogP contribution in [0.4, 0.5) is 0 Å². The van der Waals surface area contributed by atoms with Gasteiger partial charge in [-0.2, -0.15) is 0 Å². The van der Waals surface area contributed by atoms with Crippen LogP contribution in [-0.2, 0) is 0 Å². The lowest BCUT2D eigenvalue weighted by Gasteiger charge is -2.02. The summed E-state index contributed by atoms with van der Waals surface area (Å²) in [5.41, 5.74) is 0. The van der Waals surface area contributed by atoms with E-state index in [0.29, 0.717) is 0 Å². The molecule has 1 heteroatoms. The first-order valence-corrected chi connectivity index (χ1v) is 6.73. The molecule has 0 unspecified atom stereocenters. The van der Waals surface area contributed by atoms with Gasteiger partial charge in [-0.25, -0.2) is 0 Å². The summed E-state index contributed by atoms with van der Waals surface area (Å²) in [6, 6.07) is 0. The average Bonchev–Trinajstić information content (AvgIpc) is 2.26. The van der Waals surface area contributed by atoms with E-state index in [9.17, 15) is 0 Å². The molecule has 0 rings (SSSR count). The molecule has 0 amide bonds. The molecule has 0 aromatic heterocycles. The van der Waals surface area contributed by atoms with E-state index in [1.54, 1.807) is 0 Å². The summed E-state index contributed by atoms with van der Waals surface area (Å²) >= 11 is 0. The van der Waals surface area contributed by atoms with Gasteiger partial charge in [-0.05, 0) is 19.9 Å². The fourth-order valence-electron chi connectivity index (χ4n) is 1.69. The highest BCUT2D eigenvalue weighted by Crippen LogP contribution is 2.07. The van der Waals surface area contributed by atoms with Crippen molar-refractivity contribution in [3.05, 3.63) is 12.2 Å². The number of nitrogens with one attached hydrogen (secondary N) is 1. The van der Waals surface area contributed by atoms with Gasteiger partial charge in [-0.15, -0.1) is 0 Å². The zero-order valence-corrected chi connectivity index (χ0v) is 10.7. The first kappa shape index (κ1) is 14.7. The lowest BCUT2D eigenvalue weighted by atomic mass is 10.1. The highest BCUT2D eigenvalue weighted by molar-refractivity contribution is 4.78. The fraction of sp³-hybridized carbons (Fsp3) is 0.857. The average molecular weight is 211 g/mol. The molecule has 0 saturated carbocycles. The third-order valence-electron chi connectivity index (χ3n) is 2.70. The quantitative estimate of drug-likeness (QED) is 0.397. The van der Waals surface area contributed by atoms with Crippen molar-refractivity contribution in [3.63, 3.8) is 0 Å². The zero-order chi connectivity index (χ0) is 11.2. The largest absolute Gasteiger partial charge is 0.313 e. The topological polar surface area (TPSA) is 12.0 Å². The highest BCUT2D eigenvalue weighted by Gasteiger charge is 1.90. The highest BCUT2D eigenvalue weighted by atomic mass is 14.8. The smallest absolute Gasteiger partial charge is 0.0134 e. The van der Waals surface area contributed by atoms with Crippen LogP contribution in [-0.4, -0.2) is 13.1 Å². The number of hydrogen-bond donors (Lipinski definition) is 1. The van der Waals surface area contributed by atoms with Gasteiger partial charge < -0.3 is 5.32 Å². The molecule has 0 saturated heterocycles. The van der Waals surface area contributed by atoms with Gasteiger partial charge in [0.25, 0.3) is 0 Å². The van der Waals surface area contributed by atoms with Crippen LogP contribution >= 0.6 is 0 Å². The van der Waals surface area contributed by atoms with Crippen LogP contribution in [0.1, 0.15) is 65.2 Å². The van der Waals surface area contributed by atoms with Crippen LogP contribution < -0.4 is 5.32 Å². The summed E-state index contributed by atoms with van der Waals surface area (Å²) in [5.74, 6) is 0. The van der Waals surface area contributed by atoms with Gasteiger partial charge in [0, 0.05) is 6.54 Å². The first-order valence-electron chi connectivity index (χ1n) is 6.73. The SMILES string of the molecule is C/C=C/CNCCCCCCCCCC. The number of hydrogen-bond acceptors (Lipinski definition) is 1. The predicted octanol–water partition coefficient (Wildman–Crippen LogP) is 4.29. The van der Waals surface area contributed by atoms with Gasteiger partial charge in [0.05, 0.1) is 0 Å². The second-order valence-electron chi connectivity index (χ2n) is 4.25. The van der Waals surface area contributed by atoms with Crippen molar-refractivity contribution >= 4 is 0 Å². The minimum Gasteiger partial charge on any atom is -0.313 e. The summed E-state index contributed by atoms with van der Waals surface area (Å²) in [7, 11) is 0. The van der Waals surface area contributed by atoms with Crippen molar-refractivity contribution in [1.82, 2.24) is 5.32 Å². The van der Waals surface area contributed by atoms with Crippen molar-refractivity contribution in [2.75, 3.05) is 13.1 Å². The predicted molar refractivity (Wildman–Crippen MR) is 70.3 cm³/mol. The second kappa shape index (κ2) is 13.7. The van der Waals surface area contributed by atoms with E-state index in [4.69, 9.17) is 0 Å². The third-order valence-corrected chi connectivity index (χ3v) is 2.70. The Balaban J connectivity index is 2.86. The molecular weight excluding hydrogens is 182 g/mol. The Hall–Kier alpha value is -0.300. The van der Waals surface area contributed by atoms with Gasteiger partial charge in [-0.3, -0.25) is 0 Å². The number of unbranched alkanes of at least 4 members (excludes halogenated alkanes) is 7. The van der Waals surface area contributed by atoms with E-state index in [1.807, 2.05) is 0 Å². The standard InChI is InChI=1S/C14H29N/c1-3-5-7-8-9-10-11-12-14-15-13-6-4-2/h4,6,15H,3,5,7-14H2,1-2H3/b6-4+. The Labute approximate surface area is 96.3 Å². The second-order valence-corrected chi connectivity index (χ2v) is 4.25. The minimum absolute atomic E-state index is 1.03. The van der Waals surface area contributed by atoms with Gasteiger partial charge in [0.15, 0.2) is 0 Å². The molecule has 15 heavy (non-hydrogen) atoms. The Bertz CT molecular complexity index is 129. The van der Waals surface area contributed by atoms with E-state index in [1.165, 1.54) is 57.9 Å². The van der Waals surface area contributed by atoms with Crippen molar-refractivity contribution in [3.8, 4) is 0 Å². The molecule has 0 aliphatic heterocycles. The Morgan fingerprint density at radius 1 is 0.867 bits per heavy atom. The van der Waals surface area contributed by atoms with E-state index >= 15 is 0 Å². The third kappa shape index (κ3) is 13.7. The molecule has 90 valence electrons. The van der Waals surface area contributed by atoms with Crippen LogP contribution in [0, 0.1) is 0 Å². The monoisotopic (exact) mass is 211 g/mol. The van der Waals surface area contributed by atoms with Crippen LogP contribution in [0.2, 0.25) is 0 Å². The lowest BCUT2D eigenvalue weighted by Crippen LogP contribution is -2.14. The molecular formula is C14H29N.